The fourth-order valence-electron chi connectivity index (χ4n) is 3.58. The molecule has 1 heterocycles. The van der Waals surface area contributed by atoms with Gasteiger partial charge in [0.25, 0.3) is 5.91 Å². The Balaban J connectivity index is 1.55. The molecule has 4 aromatic rings. The van der Waals surface area contributed by atoms with Gasteiger partial charge in [-0.05, 0) is 43.3 Å². The molecule has 0 spiro atoms. The van der Waals surface area contributed by atoms with Crippen molar-refractivity contribution in [2.75, 3.05) is 25.5 Å². The van der Waals surface area contributed by atoms with E-state index in [-0.39, 0.29) is 18.4 Å². The molecule has 7 nitrogen and oxygen atoms in total. The monoisotopic (exact) mass is 454 g/mol. The van der Waals surface area contributed by atoms with E-state index in [4.69, 9.17) is 4.74 Å². The lowest BCUT2D eigenvalue weighted by Crippen LogP contribution is -2.38. The van der Waals surface area contributed by atoms with Gasteiger partial charge < -0.3 is 9.64 Å². The first-order chi connectivity index (χ1) is 16.6. The first-order valence-corrected chi connectivity index (χ1v) is 11.0. The van der Waals surface area contributed by atoms with Gasteiger partial charge in [-0.3, -0.25) is 19.5 Å². The van der Waals surface area contributed by atoms with E-state index in [1.165, 1.54) is 4.90 Å². The molecule has 0 radical (unpaired) electrons. The van der Waals surface area contributed by atoms with Crippen LogP contribution in [-0.2, 0) is 4.79 Å². The number of benzene rings is 3. The summed E-state index contributed by atoms with van der Waals surface area (Å²) in [6.45, 7) is 2.14. The molecule has 1 aromatic heterocycles. The van der Waals surface area contributed by atoms with Gasteiger partial charge in [0.1, 0.15) is 12.3 Å². The van der Waals surface area contributed by atoms with E-state index in [0.29, 0.717) is 23.8 Å². The highest BCUT2D eigenvalue weighted by molar-refractivity contribution is 5.99. The van der Waals surface area contributed by atoms with E-state index in [9.17, 15) is 9.59 Å². The highest BCUT2D eigenvalue weighted by atomic mass is 16.5. The van der Waals surface area contributed by atoms with Gasteiger partial charge in [0.15, 0.2) is 0 Å². The van der Waals surface area contributed by atoms with Gasteiger partial charge in [-0.25, -0.2) is 4.98 Å². The predicted molar refractivity (Wildman–Crippen MR) is 132 cm³/mol. The van der Waals surface area contributed by atoms with Crippen LogP contribution in [0.15, 0.2) is 91.1 Å². The molecule has 7 heteroatoms. The maximum absolute atomic E-state index is 13.0. The summed E-state index contributed by atoms with van der Waals surface area (Å²) < 4.78 is 6.99. The summed E-state index contributed by atoms with van der Waals surface area (Å²) >= 11 is 0. The normalized spacial score (nSPS) is 10.5. The third-order valence-corrected chi connectivity index (χ3v) is 5.40. The van der Waals surface area contributed by atoms with Crippen molar-refractivity contribution < 1.29 is 14.3 Å². The van der Waals surface area contributed by atoms with Crippen molar-refractivity contribution in [3.63, 3.8) is 0 Å². The molecule has 0 fully saturated rings. The van der Waals surface area contributed by atoms with Crippen LogP contribution >= 0.6 is 0 Å². The van der Waals surface area contributed by atoms with Crippen LogP contribution in [0.3, 0.4) is 0 Å². The molecular weight excluding hydrogens is 428 g/mol. The van der Waals surface area contributed by atoms with Crippen LogP contribution in [-0.4, -0.2) is 46.5 Å². The second kappa shape index (κ2) is 10.5. The molecule has 1 N–H and O–H groups in total. The summed E-state index contributed by atoms with van der Waals surface area (Å²) in [6.07, 6.45) is 1.89. The number of methoxy groups -OCH3 is 1. The van der Waals surface area contributed by atoms with E-state index in [1.807, 2.05) is 78.4 Å². The van der Waals surface area contributed by atoms with Crippen LogP contribution < -0.4 is 10.1 Å². The van der Waals surface area contributed by atoms with Crippen LogP contribution in [0.1, 0.15) is 17.3 Å². The Kier molecular flexibility index (Phi) is 7.03. The molecule has 0 bridgehead atoms. The van der Waals surface area contributed by atoms with Crippen LogP contribution in [0, 0.1) is 0 Å². The number of carbonyl (C=O) groups is 2. The molecule has 0 unspecified atom stereocenters. The quantitative estimate of drug-likeness (QED) is 0.421. The lowest BCUT2D eigenvalue weighted by Gasteiger charge is -2.20. The van der Waals surface area contributed by atoms with E-state index in [0.717, 1.165) is 16.9 Å². The number of amides is 2. The maximum Gasteiger partial charge on any atom is 0.254 e. The van der Waals surface area contributed by atoms with Crippen molar-refractivity contribution in [2.24, 2.45) is 0 Å². The number of nitrogens with one attached hydrogen (secondary N) is 1. The summed E-state index contributed by atoms with van der Waals surface area (Å²) in [5.41, 5.74) is 3.04. The average molecular weight is 455 g/mol. The highest BCUT2D eigenvalue weighted by Crippen LogP contribution is 2.24. The third-order valence-electron chi connectivity index (χ3n) is 5.40. The molecule has 3 aromatic carbocycles. The molecule has 0 saturated heterocycles. The molecule has 2 amide bonds. The number of likely N-dealkylation sites (N-methyl/N-ethyl adjacent to an activating group) is 1. The Morgan fingerprint density at radius 1 is 0.941 bits per heavy atom. The maximum atomic E-state index is 13.0. The Bertz CT molecular complexity index is 1250. The van der Waals surface area contributed by atoms with Crippen molar-refractivity contribution in [1.29, 1.82) is 0 Å². The van der Waals surface area contributed by atoms with Crippen molar-refractivity contribution in [2.45, 2.75) is 6.92 Å². The first-order valence-electron chi connectivity index (χ1n) is 11.0. The van der Waals surface area contributed by atoms with Crippen LogP contribution in [0.4, 0.5) is 5.95 Å². The number of aromatic nitrogens is 2. The Morgan fingerprint density at radius 2 is 1.59 bits per heavy atom. The molecule has 0 saturated carbocycles. The van der Waals surface area contributed by atoms with E-state index < -0.39 is 0 Å². The predicted octanol–water partition coefficient (Wildman–Crippen LogP) is 4.65. The van der Waals surface area contributed by atoms with Crippen LogP contribution in [0.2, 0.25) is 0 Å². The average Bonchev–Trinajstić information content (AvgIpc) is 3.31. The number of hydrogen-bond donors (Lipinski definition) is 1. The topological polar surface area (TPSA) is 76.5 Å². The number of rotatable bonds is 8. The van der Waals surface area contributed by atoms with Crippen LogP contribution in [0.25, 0.3) is 16.9 Å². The number of carbonyl (C=O) groups excluding carboxylic acids is 2. The van der Waals surface area contributed by atoms with E-state index in [1.54, 1.807) is 31.4 Å². The van der Waals surface area contributed by atoms with Crippen LogP contribution in [0.5, 0.6) is 5.75 Å². The minimum absolute atomic E-state index is 0.0936. The largest absolute Gasteiger partial charge is 0.497 e. The lowest BCUT2D eigenvalue weighted by molar-refractivity contribution is -0.116. The third kappa shape index (κ3) is 5.15. The standard InChI is InChI=1S/C27H26N4O3/c1-3-30(26(33)21-14-16-23(34-2)17-15-21)19-25(32)29-27-28-24(20-10-6-4-7-11-20)18-31(27)22-12-8-5-9-13-22/h4-18H,3,19H2,1-2H3,(H,28,29,32). The second-order valence-electron chi connectivity index (χ2n) is 7.62. The number of ether oxygens (including phenoxy) is 1. The zero-order valence-electron chi connectivity index (χ0n) is 19.1. The van der Waals surface area contributed by atoms with Gasteiger partial charge >= 0.3 is 0 Å². The fourth-order valence-corrected chi connectivity index (χ4v) is 3.58. The van der Waals surface area contributed by atoms with Crippen molar-refractivity contribution in [3.8, 4) is 22.7 Å². The van der Waals surface area contributed by atoms with E-state index in [2.05, 4.69) is 10.3 Å². The summed E-state index contributed by atoms with van der Waals surface area (Å²) in [4.78, 5) is 32.1. The minimum Gasteiger partial charge on any atom is -0.497 e. The SMILES string of the molecule is CCN(CC(=O)Nc1nc(-c2ccccc2)cn1-c1ccccc1)C(=O)c1ccc(OC)cc1. The van der Waals surface area contributed by atoms with Gasteiger partial charge in [0, 0.05) is 29.6 Å². The van der Waals surface area contributed by atoms with Crippen molar-refractivity contribution >= 4 is 17.8 Å². The Hall–Kier alpha value is -4.39. The molecule has 172 valence electrons. The first kappa shape index (κ1) is 22.8. The van der Waals surface area contributed by atoms with E-state index >= 15 is 0 Å². The number of nitrogens with zero attached hydrogens (tertiary/aromatic N) is 3. The highest BCUT2D eigenvalue weighted by Gasteiger charge is 2.20. The zero-order chi connectivity index (χ0) is 23.9. The minimum atomic E-state index is -0.328. The Labute approximate surface area is 198 Å². The summed E-state index contributed by atoms with van der Waals surface area (Å²) in [5, 5.41) is 2.89. The number of imidazole rings is 1. The van der Waals surface area contributed by atoms with Gasteiger partial charge in [-0.1, -0.05) is 48.5 Å². The summed E-state index contributed by atoms with van der Waals surface area (Å²) in [6, 6.07) is 26.3. The number of hydrogen-bond acceptors (Lipinski definition) is 4. The molecule has 0 aliphatic rings. The fraction of sp³-hybridized carbons (Fsp3) is 0.148. The smallest absolute Gasteiger partial charge is 0.254 e. The second-order valence-corrected chi connectivity index (χ2v) is 7.62. The van der Waals surface area contributed by atoms with Gasteiger partial charge in [0.2, 0.25) is 11.9 Å². The van der Waals surface area contributed by atoms with Crippen molar-refractivity contribution in [1.82, 2.24) is 14.5 Å². The number of para-hydroxylation sites is 1. The molecule has 0 aliphatic carbocycles. The molecule has 34 heavy (non-hydrogen) atoms. The molecular formula is C27H26N4O3. The molecule has 4 rings (SSSR count). The Morgan fingerprint density at radius 3 is 2.21 bits per heavy atom. The lowest BCUT2D eigenvalue weighted by atomic mass is 10.2. The zero-order valence-corrected chi connectivity index (χ0v) is 19.1. The van der Waals surface area contributed by atoms with Gasteiger partial charge in [-0.15, -0.1) is 0 Å². The molecule has 0 atom stereocenters. The summed E-state index contributed by atoms with van der Waals surface area (Å²) in [7, 11) is 1.57. The van der Waals surface area contributed by atoms with Gasteiger partial charge in [-0.2, -0.15) is 0 Å². The number of anilines is 1. The van der Waals surface area contributed by atoms with Crippen molar-refractivity contribution in [3.05, 3.63) is 96.7 Å². The molecule has 0 aliphatic heterocycles. The summed E-state index contributed by atoms with van der Waals surface area (Å²) in [5.74, 6) is 0.505. The van der Waals surface area contributed by atoms with Gasteiger partial charge in [0.05, 0.1) is 12.8 Å².